The smallest absolute Gasteiger partial charge is 0.277 e. The van der Waals surface area contributed by atoms with Gasteiger partial charge in [-0.15, -0.1) is 0 Å². The van der Waals surface area contributed by atoms with Gasteiger partial charge in [-0.05, 0) is 55.0 Å². The highest BCUT2D eigenvalue weighted by Crippen LogP contribution is 2.24. The molecular weight excluding hydrogens is 398 g/mol. The molecule has 1 amide bonds. The average molecular weight is 414 g/mol. The van der Waals surface area contributed by atoms with Gasteiger partial charge in [0.05, 0.1) is 11.1 Å². The van der Waals surface area contributed by atoms with Crippen molar-refractivity contribution < 1.29 is 18.9 Å². The number of aryl methyl sites for hydroxylation is 1. The molecule has 29 heavy (non-hydrogen) atoms. The van der Waals surface area contributed by atoms with Gasteiger partial charge >= 0.3 is 0 Å². The van der Waals surface area contributed by atoms with Gasteiger partial charge in [0.25, 0.3) is 11.6 Å². The standard InChI is InChI=1S/C20H16ClN3O5/c1-13-10-15(21)4-8-18(13)28-12-20(25)23-22-11-17-7-9-19(29-17)14-2-5-16(6-3-14)24(26)27/h2-11H,12H2,1H3,(H,23,25)/b22-11-. The number of nitro groups is 1. The van der Waals surface area contributed by atoms with Gasteiger partial charge in [0.2, 0.25) is 0 Å². The summed E-state index contributed by atoms with van der Waals surface area (Å²) in [5.74, 6) is 1.06. The molecule has 0 aliphatic rings. The van der Waals surface area contributed by atoms with E-state index in [9.17, 15) is 14.9 Å². The van der Waals surface area contributed by atoms with E-state index in [4.69, 9.17) is 20.8 Å². The summed E-state index contributed by atoms with van der Waals surface area (Å²) >= 11 is 5.88. The van der Waals surface area contributed by atoms with Gasteiger partial charge in [-0.1, -0.05) is 11.6 Å². The van der Waals surface area contributed by atoms with Crippen LogP contribution in [0.1, 0.15) is 11.3 Å². The van der Waals surface area contributed by atoms with Gasteiger partial charge < -0.3 is 9.15 Å². The van der Waals surface area contributed by atoms with Gasteiger partial charge in [-0.25, -0.2) is 5.43 Å². The maximum Gasteiger partial charge on any atom is 0.277 e. The number of furan rings is 1. The second-order valence-electron chi connectivity index (χ2n) is 6.00. The van der Waals surface area contributed by atoms with Crippen LogP contribution in [0, 0.1) is 17.0 Å². The first-order valence-corrected chi connectivity index (χ1v) is 8.85. The SMILES string of the molecule is Cc1cc(Cl)ccc1OCC(=O)N/N=C\c1ccc(-c2ccc([N+](=O)[O-])cc2)o1. The zero-order chi connectivity index (χ0) is 20.8. The number of rotatable bonds is 7. The number of carbonyl (C=O) groups is 1. The van der Waals surface area contributed by atoms with E-state index in [0.717, 1.165) is 5.56 Å². The molecule has 3 aromatic rings. The van der Waals surface area contributed by atoms with Crippen molar-refractivity contribution in [1.29, 1.82) is 0 Å². The van der Waals surface area contributed by atoms with E-state index in [1.807, 2.05) is 6.92 Å². The second-order valence-corrected chi connectivity index (χ2v) is 6.43. The average Bonchev–Trinajstić information content (AvgIpc) is 3.16. The molecule has 0 aliphatic carbocycles. The largest absolute Gasteiger partial charge is 0.483 e. The normalized spacial score (nSPS) is 10.8. The van der Waals surface area contributed by atoms with E-state index >= 15 is 0 Å². The van der Waals surface area contributed by atoms with Gasteiger partial charge in [0.1, 0.15) is 17.3 Å². The van der Waals surface area contributed by atoms with Crippen LogP contribution in [-0.2, 0) is 4.79 Å². The molecule has 0 fully saturated rings. The van der Waals surface area contributed by atoms with Crippen molar-refractivity contribution in [3.63, 3.8) is 0 Å². The summed E-state index contributed by atoms with van der Waals surface area (Å²) in [4.78, 5) is 22.1. The fourth-order valence-electron chi connectivity index (χ4n) is 2.44. The number of nitrogens with one attached hydrogen (secondary N) is 1. The van der Waals surface area contributed by atoms with Crippen LogP contribution in [0.15, 0.2) is 64.1 Å². The van der Waals surface area contributed by atoms with Crippen LogP contribution in [-0.4, -0.2) is 23.7 Å². The van der Waals surface area contributed by atoms with Crippen molar-refractivity contribution in [3.8, 4) is 17.1 Å². The number of non-ortho nitro benzene ring substituents is 1. The topological polar surface area (TPSA) is 107 Å². The second kappa shape index (κ2) is 9.03. The Hall–Kier alpha value is -3.65. The van der Waals surface area contributed by atoms with E-state index in [1.165, 1.54) is 18.3 Å². The number of carbonyl (C=O) groups excluding carboxylic acids is 1. The van der Waals surface area contributed by atoms with Gasteiger partial charge in [0, 0.05) is 22.7 Å². The predicted octanol–water partition coefficient (Wildman–Crippen LogP) is 4.35. The van der Waals surface area contributed by atoms with Crippen LogP contribution in [0.4, 0.5) is 5.69 Å². The van der Waals surface area contributed by atoms with Crippen molar-refractivity contribution in [2.45, 2.75) is 6.92 Å². The van der Waals surface area contributed by atoms with Crippen molar-refractivity contribution in [2.75, 3.05) is 6.61 Å². The van der Waals surface area contributed by atoms with Gasteiger partial charge in [-0.3, -0.25) is 14.9 Å². The summed E-state index contributed by atoms with van der Waals surface area (Å²) in [7, 11) is 0. The van der Waals surface area contributed by atoms with E-state index in [2.05, 4.69) is 10.5 Å². The van der Waals surface area contributed by atoms with Crippen LogP contribution in [0.3, 0.4) is 0 Å². The predicted molar refractivity (Wildman–Crippen MR) is 108 cm³/mol. The molecule has 1 N–H and O–H groups in total. The molecule has 0 unspecified atom stereocenters. The minimum atomic E-state index is -0.468. The number of ether oxygens (including phenoxy) is 1. The lowest BCUT2D eigenvalue weighted by Gasteiger charge is -2.08. The molecule has 3 rings (SSSR count). The molecule has 9 heteroatoms. The van der Waals surface area contributed by atoms with Gasteiger partial charge in [-0.2, -0.15) is 5.10 Å². The number of benzene rings is 2. The third kappa shape index (κ3) is 5.43. The highest BCUT2D eigenvalue weighted by Gasteiger charge is 2.08. The molecular formula is C20H16ClN3O5. The Balaban J connectivity index is 1.52. The Morgan fingerprint density at radius 3 is 2.69 bits per heavy atom. The first-order chi connectivity index (χ1) is 13.9. The Kier molecular flexibility index (Phi) is 6.25. The third-order valence-electron chi connectivity index (χ3n) is 3.87. The minimum Gasteiger partial charge on any atom is -0.483 e. The van der Waals surface area contributed by atoms with Crippen molar-refractivity contribution in [3.05, 3.63) is 81.1 Å². The number of amides is 1. The summed E-state index contributed by atoms with van der Waals surface area (Å²) in [5, 5.41) is 15.1. The first kappa shape index (κ1) is 20.1. The maximum absolute atomic E-state index is 11.8. The Morgan fingerprint density at radius 2 is 2.00 bits per heavy atom. The molecule has 0 saturated carbocycles. The van der Waals surface area contributed by atoms with Gasteiger partial charge in [0.15, 0.2) is 6.61 Å². The molecule has 0 radical (unpaired) electrons. The quantitative estimate of drug-likeness (QED) is 0.352. The molecule has 0 spiro atoms. The zero-order valence-corrected chi connectivity index (χ0v) is 16.1. The van der Waals surface area contributed by atoms with Crippen molar-refractivity contribution >= 4 is 29.4 Å². The lowest BCUT2D eigenvalue weighted by atomic mass is 10.1. The fourth-order valence-corrected chi connectivity index (χ4v) is 2.67. The summed E-state index contributed by atoms with van der Waals surface area (Å²) in [6, 6.07) is 14.5. The number of nitro benzene ring substituents is 1. The molecule has 1 aromatic heterocycles. The number of hydrogen-bond acceptors (Lipinski definition) is 6. The fraction of sp³-hybridized carbons (Fsp3) is 0.100. The Bertz CT molecular complexity index is 1060. The van der Waals surface area contributed by atoms with E-state index in [-0.39, 0.29) is 12.3 Å². The molecule has 8 nitrogen and oxygen atoms in total. The maximum atomic E-state index is 11.8. The Morgan fingerprint density at radius 1 is 1.24 bits per heavy atom. The van der Waals surface area contributed by atoms with Crippen LogP contribution in [0.25, 0.3) is 11.3 Å². The van der Waals surface area contributed by atoms with Crippen LogP contribution in [0.2, 0.25) is 5.02 Å². The summed E-state index contributed by atoms with van der Waals surface area (Å²) in [6.07, 6.45) is 1.35. The van der Waals surface area contributed by atoms with Crippen LogP contribution >= 0.6 is 11.6 Å². The monoisotopic (exact) mass is 413 g/mol. The first-order valence-electron chi connectivity index (χ1n) is 8.48. The van der Waals surface area contributed by atoms with E-state index in [0.29, 0.717) is 27.9 Å². The lowest BCUT2D eigenvalue weighted by Crippen LogP contribution is -2.24. The number of nitrogens with zero attached hydrogens (tertiary/aromatic N) is 2. The minimum absolute atomic E-state index is 0.000757. The molecule has 0 atom stereocenters. The third-order valence-corrected chi connectivity index (χ3v) is 4.10. The summed E-state index contributed by atoms with van der Waals surface area (Å²) in [6.45, 7) is 1.63. The molecule has 1 heterocycles. The van der Waals surface area contributed by atoms with Crippen molar-refractivity contribution in [1.82, 2.24) is 5.43 Å². The van der Waals surface area contributed by atoms with Crippen molar-refractivity contribution in [2.24, 2.45) is 5.10 Å². The molecule has 0 bridgehead atoms. The molecule has 0 aliphatic heterocycles. The highest BCUT2D eigenvalue weighted by atomic mass is 35.5. The zero-order valence-electron chi connectivity index (χ0n) is 15.3. The molecule has 148 valence electrons. The van der Waals surface area contributed by atoms with E-state index in [1.54, 1.807) is 42.5 Å². The number of halogens is 1. The van der Waals surface area contributed by atoms with E-state index < -0.39 is 10.8 Å². The number of hydrazone groups is 1. The summed E-state index contributed by atoms with van der Waals surface area (Å²) in [5.41, 5.74) is 3.85. The van der Waals surface area contributed by atoms with Crippen LogP contribution < -0.4 is 10.2 Å². The Labute approximate surface area is 170 Å². The molecule has 2 aromatic carbocycles. The number of hydrogen-bond donors (Lipinski definition) is 1. The summed E-state index contributed by atoms with van der Waals surface area (Å²) < 4.78 is 11.0. The molecule has 0 saturated heterocycles. The lowest BCUT2D eigenvalue weighted by molar-refractivity contribution is -0.384. The highest BCUT2D eigenvalue weighted by molar-refractivity contribution is 6.30. The van der Waals surface area contributed by atoms with Crippen LogP contribution in [0.5, 0.6) is 5.75 Å².